The quantitative estimate of drug-likeness (QED) is 0.635. The van der Waals surface area contributed by atoms with Gasteiger partial charge in [0.2, 0.25) is 11.8 Å². The van der Waals surface area contributed by atoms with Crippen molar-refractivity contribution in [2.24, 2.45) is 0 Å². The van der Waals surface area contributed by atoms with Crippen molar-refractivity contribution in [2.45, 2.75) is 37.5 Å². The van der Waals surface area contributed by atoms with E-state index in [1.54, 1.807) is 0 Å². The number of amides is 2. The van der Waals surface area contributed by atoms with Crippen LogP contribution in [0, 0.1) is 0 Å². The molecule has 2 aromatic heterocycles. The molecular weight excluding hydrogens is 420 g/mol. The van der Waals surface area contributed by atoms with E-state index >= 15 is 0 Å². The van der Waals surface area contributed by atoms with Crippen LogP contribution >= 0.6 is 23.5 Å². The molecule has 8 nitrogen and oxygen atoms in total. The van der Waals surface area contributed by atoms with Crippen molar-refractivity contribution in [3.8, 4) is 0 Å². The minimum atomic E-state index is -0.0751. The monoisotopic (exact) mass is 446 g/mol. The molecule has 0 aromatic carbocycles. The third-order valence-corrected chi connectivity index (χ3v) is 6.07. The molecule has 0 aliphatic heterocycles. The highest BCUT2D eigenvalue weighted by Crippen LogP contribution is 2.40. The highest BCUT2D eigenvalue weighted by atomic mass is 32.2. The lowest BCUT2D eigenvalue weighted by atomic mass is 9.78. The molecule has 0 saturated heterocycles. The zero-order valence-corrected chi connectivity index (χ0v) is 18.8. The molecule has 2 aromatic rings. The molecule has 2 atom stereocenters. The normalized spacial score (nSPS) is 18.6. The number of aromatic nitrogens is 4. The number of hydrogen-bond acceptors (Lipinski definition) is 8. The van der Waals surface area contributed by atoms with Gasteiger partial charge in [0, 0.05) is 11.8 Å². The summed E-state index contributed by atoms with van der Waals surface area (Å²) in [7, 11) is 0. The topological polar surface area (TPSA) is 110 Å². The molecule has 10 heteroatoms. The van der Waals surface area contributed by atoms with Gasteiger partial charge in [0.1, 0.15) is 0 Å². The van der Waals surface area contributed by atoms with Gasteiger partial charge in [-0.1, -0.05) is 6.42 Å². The van der Waals surface area contributed by atoms with E-state index in [1.165, 1.54) is 23.5 Å². The van der Waals surface area contributed by atoms with Gasteiger partial charge < -0.3 is 10.6 Å². The van der Waals surface area contributed by atoms with Gasteiger partial charge in [-0.15, -0.1) is 10.2 Å². The maximum atomic E-state index is 11.7. The molecule has 2 N–H and O–H groups in total. The molecule has 160 valence electrons. The summed E-state index contributed by atoms with van der Waals surface area (Å²) in [4.78, 5) is 23.4. The summed E-state index contributed by atoms with van der Waals surface area (Å²) in [6.45, 7) is 0. The van der Waals surface area contributed by atoms with Crippen molar-refractivity contribution in [1.29, 1.82) is 0 Å². The highest BCUT2D eigenvalue weighted by molar-refractivity contribution is 7.99. The van der Waals surface area contributed by atoms with E-state index in [0.717, 1.165) is 37.1 Å². The van der Waals surface area contributed by atoms with Crippen LogP contribution in [0.5, 0.6) is 0 Å². The van der Waals surface area contributed by atoms with Crippen LogP contribution < -0.4 is 10.6 Å². The molecule has 1 saturated carbocycles. The lowest BCUT2D eigenvalue weighted by Crippen LogP contribution is -2.18. The summed E-state index contributed by atoms with van der Waals surface area (Å²) < 4.78 is 0. The van der Waals surface area contributed by atoms with Gasteiger partial charge in [-0.2, -0.15) is 33.7 Å². The largest absolute Gasteiger partial charge is 0.308 e. The summed E-state index contributed by atoms with van der Waals surface area (Å²) in [5, 5.41) is 22.5. The van der Waals surface area contributed by atoms with Crippen LogP contribution in [0.25, 0.3) is 0 Å². The van der Waals surface area contributed by atoms with Crippen molar-refractivity contribution in [3.05, 3.63) is 35.7 Å². The molecule has 0 bridgehead atoms. The minimum absolute atomic E-state index is 0.0751. The van der Waals surface area contributed by atoms with Crippen molar-refractivity contribution in [2.75, 3.05) is 34.7 Å². The Hall–Kier alpha value is -2.20. The summed E-state index contributed by atoms with van der Waals surface area (Å²) in [6, 6.07) is 7.53. The Kier molecular flexibility index (Phi) is 8.44. The molecule has 30 heavy (non-hydrogen) atoms. The molecule has 2 heterocycles. The molecule has 2 amide bonds. The van der Waals surface area contributed by atoms with Gasteiger partial charge >= 0.3 is 0 Å². The zero-order valence-electron chi connectivity index (χ0n) is 17.1. The van der Waals surface area contributed by atoms with Gasteiger partial charge in [-0.25, -0.2) is 0 Å². The molecule has 1 aliphatic rings. The maximum Gasteiger partial charge on any atom is 0.235 e. The SMILES string of the molecule is CSCC(=O)Nc1ccc([C@H]2CCC[C@H](c3ccc(NC(=O)CSC)nn3)C2)nn1. The molecule has 1 aliphatic carbocycles. The Bertz CT molecular complexity index is 778. The lowest BCUT2D eigenvalue weighted by molar-refractivity contribution is -0.114. The lowest BCUT2D eigenvalue weighted by Gasteiger charge is -2.28. The first-order valence-corrected chi connectivity index (χ1v) is 12.6. The standard InChI is InChI=1S/C20H26N6O2S2/c1-29-11-19(27)21-17-8-6-15(23-25-17)13-4-3-5-14(10-13)16-7-9-18(26-24-16)22-20(28)12-30-2/h6-9,13-14H,3-5,10-12H2,1-2H3,(H,21,25,27)(H,22,26,28)/t13-,14-/m0/s1. The first-order chi connectivity index (χ1) is 14.6. The Morgan fingerprint density at radius 1 is 0.833 bits per heavy atom. The molecule has 3 rings (SSSR count). The molecular formula is C20H26N6O2S2. The Balaban J connectivity index is 1.59. The van der Waals surface area contributed by atoms with Gasteiger partial charge in [-0.3, -0.25) is 9.59 Å². The van der Waals surface area contributed by atoms with Crippen molar-refractivity contribution >= 4 is 47.0 Å². The van der Waals surface area contributed by atoms with E-state index in [9.17, 15) is 9.59 Å². The van der Waals surface area contributed by atoms with E-state index in [4.69, 9.17) is 0 Å². The van der Waals surface area contributed by atoms with Crippen molar-refractivity contribution < 1.29 is 9.59 Å². The second-order valence-electron chi connectivity index (χ2n) is 7.21. The number of nitrogens with zero attached hydrogens (tertiary/aromatic N) is 4. The predicted octanol–water partition coefficient (Wildman–Crippen LogP) is 3.31. The fourth-order valence-electron chi connectivity index (χ4n) is 3.60. The number of nitrogens with one attached hydrogen (secondary N) is 2. The highest BCUT2D eigenvalue weighted by Gasteiger charge is 2.26. The van der Waals surface area contributed by atoms with E-state index in [-0.39, 0.29) is 11.8 Å². The van der Waals surface area contributed by atoms with Gasteiger partial charge in [-0.05, 0) is 56.0 Å². The van der Waals surface area contributed by atoms with Crippen LogP contribution in [-0.2, 0) is 9.59 Å². The van der Waals surface area contributed by atoms with Crippen molar-refractivity contribution in [1.82, 2.24) is 20.4 Å². The molecule has 0 spiro atoms. The Morgan fingerprint density at radius 2 is 1.30 bits per heavy atom. The first-order valence-electron chi connectivity index (χ1n) is 9.84. The number of carbonyl (C=O) groups excluding carboxylic acids is 2. The van der Waals surface area contributed by atoms with Crippen LogP contribution in [0.3, 0.4) is 0 Å². The van der Waals surface area contributed by atoms with Crippen LogP contribution in [0.4, 0.5) is 11.6 Å². The fourth-order valence-corrected chi connectivity index (χ4v) is 4.27. The van der Waals surface area contributed by atoms with Crippen molar-refractivity contribution in [3.63, 3.8) is 0 Å². The zero-order chi connectivity index (χ0) is 21.3. The minimum Gasteiger partial charge on any atom is -0.308 e. The van der Waals surface area contributed by atoms with E-state index < -0.39 is 0 Å². The number of carbonyl (C=O) groups is 2. The molecule has 0 radical (unpaired) electrons. The van der Waals surface area contributed by atoms with E-state index in [2.05, 4.69) is 31.0 Å². The van der Waals surface area contributed by atoms with Gasteiger partial charge in [0.15, 0.2) is 11.6 Å². The molecule has 1 fully saturated rings. The summed E-state index contributed by atoms with van der Waals surface area (Å²) >= 11 is 2.93. The summed E-state index contributed by atoms with van der Waals surface area (Å²) in [5.74, 6) is 2.21. The predicted molar refractivity (Wildman–Crippen MR) is 122 cm³/mol. The van der Waals surface area contributed by atoms with E-state index in [0.29, 0.717) is 35.0 Å². The second-order valence-corrected chi connectivity index (χ2v) is 8.94. The van der Waals surface area contributed by atoms with Gasteiger partial charge in [0.05, 0.1) is 22.9 Å². The third-order valence-electron chi connectivity index (χ3n) is 4.97. The number of thioether (sulfide) groups is 2. The molecule has 0 unspecified atom stereocenters. The number of rotatable bonds is 8. The van der Waals surface area contributed by atoms with Crippen LogP contribution in [0.15, 0.2) is 24.3 Å². The van der Waals surface area contributed by atoms with E-state index in [1.807, 2.05) is 36.8 Å². The average molecular weight is 447 g/mol. The van der Waals surface area contributed by atoms with Gasteiger partial charge in [0.25, 0.3) is 0 Å². The Labute approximate surface area is 184 Å². The Morgan fingerprint density at radius 3 is 1.67 bits per heavy atom. The maximum absolute atomic E-state index is 11.7. The summed E-state index contributed by atoms with van der Waals surface area (Å²) in [6.07, 6.45) is 7.89. The number of hydrogen-bond donors (Lipinski definition) is 2. The van der Waals surface area contributed by atoms with Crippen LogP contribution in [0.1, 0.15) is 48.9 Å². The number of anilines is 2. The first kappa shape index (κ1) is 22.5. The summed E-state index contributed by atoms with van der Waals surface area (Å²) in [5.41, 5.74) is 1.88. The second kappa shape index (κ2) is 11.3. The van der Waals surface area contributed by atoms with Crippen LogP contribution in [0.2, 0.25) is 0 Å². The average Bonchev–Trinajstić information content (AvgIpc) is 2.75. The fraction of sp³-hybridized carbons (Fsp3) is 0.500. The van der Waals surface area contributed by atoms with Crippen LogP contribution in [-0.4, -0.2) is 56.2 Å². The smallest absolute Gasteiger partial charge is 0.235 e. The third kappa shape index (κ3) is 6.40.